The van der Waals surface area contributed by atoms with Gasteiger partial charge in [0.05, 0.1) is 0 Å². The number of amides is 2. The molecule has 0 aliphatic carbocycles. The van der Waals surface area contributed by atoms with Crippen LogP contribution in [0.4, 0.5) is 0 Å². The number of nitrogens with one attached hydrogen (secondary N) is 2. The first-order valence-electron chi connectivity index (χ1n) is 4.67. The Kier molecular flexibility index (Phi) is 4.78. The highest BCUT2D eigenvalue weighted by molar-refractivity contribution is 5.89. The van der Waals surface area contributed by atoms with Crippen LogP contribution in [0.2, 0.25) is 0 Å². The van der Waals surface area contributed by atoms with Gasteiger partial charge in [-0.3, -0.25) is 9.59 Å². The van der Waals surface area contributed by atoms with Gasteiger partial charge in [0, 0.05) is 5.41 Å². The molecule has 0 aromatic heterocycles. The smallest absolute Gasteiger partial charge is 0.244 e. The summed E-state index contributed by atoms with van der Waals surface area (Å²) < 4.78 is 0. The third kappa shape index (κ3) is 5.00. The summed E-state index contributed by atoms with van der Waals surface area (Å²) in [6.07, 6.45) is 1.88. The third-order valence-electron chi connectivity index (χ3n) is 1.81. The highest BCUT2D eigenvalue weighted by Crippen LogP contribution is 2.17. The average Bonchev–Trinajstić information content (AvgIpc) is 2.14. The standard InChI is InChI=1S/C11H18N2O2/c1-6-8(14)12-10(11(3,4)5)13-9(15)7-2/h6-7,10H,1-2H2,3-5H3,(H,12,14)(H,13,15). The van der Waals surface area contributed by atoms with E-state index in [0.717, 1.165) is 0 Å². The quantitative estimate of drug-likeness (QED) is 0.536. The minimum absolute atomic E-state index is 0.280. The normalized spacial score (nSPS) is 10.7. The van der Waals surface area contributed by atoms with Crippen LogP contribution in [0.15, 0.2) is 25.3 Å². The molecule has 0 radical (unpaired) electrons. The summed E-state index contributed by atoms with van der Waals surface area (Å²) in [5.74, 6) is -0.640. The van der Waals surface area contributed by atoms with Crippen LogP contribution < -0.4 is 10.6 Å². The van der Waals surface area contributed by atoms with Gasteiger partial charge in [-0.1, -0.05) is 33.9 Å². The zero-order chi connectivity index (χ0) is 12.1. The summed E-state index contributed by atoms with van der Waals surface area (Å²) in [5.41, 5.74) is -0.280. The Morgan fingerprint density at radius 1 is 1.07 bits per heavy atom. The van der Waals surface area contributed by atoms with Crippen LogP contribution in [0.3, 0.4) is 0 Å². The molecule has 4 nitrogen and oxygen atoms in total. The fraction of sp³-hybridized carbons (Fsp3) is 0.455. The molecule has 0 spiro atoms. The molecule has 15 heavy (non-hydrogen) atoms. The molecule has 0 unspecified atom stereocenters. The molecule has 0 aromatic carbocycles. The van der Waals surface area contributed by atoms with Crippen LogP contribution in [-0.2, 0) is 9.59 Å². The van der Waals surface area contributed by atoms with Crippen LogP contribution in [0, 0.1) is 5.41 Å². The maximum absolute atomic E-state index is 11.1. The fourth-order valence-electron chi connectivity index (χ4n) is 0.871. The zero-order valence-corrected chi connectivity index (χ0v) is 9.46. The Labute approximate surface area is 90.4 Å². The van der Waals surface area contributed by atoms with Gasteiger partial charge in [-0.2, -0.15) is 0 Å². The van der Waals surface area contributed by atoms with Gasteiger partial charge in [0.1, 0.15) is 6.17 Å². The predicted molar refractivity (Wildman–Crippen MR) is 59.9 cm³/mol. The van der Waals surface area contributed by atoms with Crippen LogP contribution >= 0.6 is 0 Å². The van der Waals surface area contributed by atoms with Gasteiger partial charge in [0.25, 0.3) is 0 Å². The Bertz CT molecular complexity index is 255. The third-order valence-corrected chi connectivity index (χ3v) is 1.81. The Hall–Kier alpha value is -1.58. The van der Waals surface area contributed by atoms with Crippen molar-refractivity contribution in [1.82, 2.24) is 10.6 Å². The minimum Gasteiger partial charge on any atom is -0.332 e. The van der Waals surface area contributed by atoms with E-state index < -0.39 is 6.17 Å². The lowest BCUT2D eigenvalue weighted by Crippen LogP contribution is -2.54. The van der Waals surface area contributed by atoms with E-state index in [4.69, 9.17) is 0 Å². The van der Waals surface area contributed by atoms with E-state index in [0.29, 0.717) is 0 Å². The molecule has 0 fully saturated rings. The molecule has 0 rings (SSSR count). The number of hydrogen-bond donors (Lipinski definition) is 2. The first kappa shape index (κ1) is 13.4. The zero-order valence-electron chi connectivity index (χ0n) is 9.46. The van der Waals surface area contributed by atoms with E-state index in [9.17, 15) is 9.59 Å². The molecule has 0 saturated heterocycles. The Morgan fingerprint density at radius 2 is 1.40 bits per heavy atom. The molecule has 0 aromatic rings. The van der Waals surface area contributed by atoms with Crippen molar-refractivity contribution in [3.8, 4) is 0 Å². The maximum atomic E-state index is 11.1. The second-order valence-electron chi connectivity index (χ2n) is 4.22. The molecule has 0 heterocycles. The van der Waals surface area contributed by atoms with Crippen molar-refractivity contribution >= 4 is 11.8 Å². The van der Waals surface area contributed by atoms with E-state index in [1.165, 1.54) is 12.2 Å². The van der Waals surface area contributed by atoms with Crippen molar-refractivity contribution in [2.75, 3.05) is 0 Å². The van der Waals surface area contributed by atoms with Gasteiger partial charge in [0.15, 0.2) is 0 Å². The lowest BCUT2D eigenvalue weighted by molar-refractivity contribution is -0.121. The molecular weight excluding hydrogens is 192 g/mol. The molecule has 0 saturated carbocycles. The van der Waals surface area contributed by atoms with E-state index in [1.54, 1.807) is 0 Å². The summed E-state index contributed by atoms with van der Waals surface area (Å²) in [5, 5.41) is 5.27. The van der Waals surface area contributed by atoms with E-state index in [-0.39, 0.29) is 17.2 Å². The van der Waals surface area contributed by atoms with Gasteiger partial charge < -0.3 is 10.6 Å². The summed E-state index contributed by atoms with van der Waals surface area (Å²) in [7, 11) is 0. The lowest BCUT2D eigenvalue weighted by Gasteiger charge is -2.31. The maximum Gasteiger partial charge on any atom is 0.244 e. The highest BCUT2D eigenvalue weighted by atomic mass is 16.2. The molecule has 0 atom stereocenters. The number of carbonyl (C=O) groups excluding carboxylic acids is 2. The van der Waals surface area contributed by atoms with Gasteiger partial charge >= 0.3 is 0 Å². The van der Waals surface area contributed by atoms with Crippen LogP contribution in [0.5, 0.6) is 0 Å². The summed E-state index contributed by atoms with van der Waals surface area (Å²) in [4.78, 5) is 22.3. The number of hydrogen-bond acceptors (Lipinski definition) is 2. The monoisotopic (exact) mass is 210 g/mol. The van der Waals surface area contributed by atoms with Crippen molar-refractivity contribution in [3.63, 3.8) is 0 Å². The average molecular weight is 210 g/mol. The predicted octanol–water partition coefficient (Wildman–Crippen LogP) is 0.963. The first-order valence-corrected chi connectivity index (χ1v) is 4.67. The van der Waals surface area contributed by atoms with Crippen molar-refractivity contribution in [1.29, 1.82) is 0 Å². The molecular formula is C11H18N2O2. The molecule has 2 amide bonds. The molecule has 0 aliphatic heterocycles. The van der Waals surface area contributed by atoms with Crippen LogP contribution in [0.1, 0.15) is 20.8 Å². The first-order chi connectivity index (χ1) is 6.81. The topological polar surface area (TPSA) is 58.2 Å². The molecule has 0 aliphatic rings. The number of rotatable bonds is 4. The van der Waals surface area contributed by atoms with Gasteiger partial charge in [-0.05, 0) is 12.2 Å². The molecule has 84 valence electrons. The van der Waals surface area contributed by atoms with E-state index in [1.807, 2.05) is 20.8 Å². The van der Waals surface area contributed by atoms with Crippen LogP contribution in [0.25, 0.3) is 0 Å². The highest BCUT2D eigenvalue weighted by Gasteiger charge is 2.26. The van der Waals surface area contributed by atoms with Crippen molar-refractivity contribution < 1.29 is 9.59 Å². The molecule has 4 heteroatoms. The molecule has 2 N–H and O–H groups in total. The number of carbonyl (C=O) groups is 2. The van der Waals surface area contributed by atoms with Crippen molar-refractivity contribution in [2.45, 2.75) is 26.9 Å². The van der Waals surface area contributed by atoms with E-state index >= 15 is 0 Å². The van der Waals surface area contributed by atoms with Gasteiger partial charge in [-0.25, -0.2) is 0 Å². The van der Waals surface area contributed by atoms with E-state index in [2.05, 4.69) is 23.8 Å². The SMILES string of the molecule is C=CC(=O)NC(NC(=O)C=C)C(C)(C)C. The summed E-state index contributed by atoms with van der Waals surface area (Å²) in [6.45, 7) is 12.4. The summed E-state index contributed by atoms with van der Waals surface area (Å²) >= 11 is 0. The second kappa shape index (κ2) is 5.34. The lowest BCUT2D eigenvalue weighted by atomic mass is 9.92. The fourth-order valence-corrected chi connectivity index (χ4v) is 0.871. The van der Waals surface area contributed by atoms with Gasteiger partial charge in [-0.15, -0.1) is 0 Å². The Morgan fingerprint density at radius 3 is 1.60 bits per heavy atom. The van der Waals surface area contributed by atoms with Gasteiger partial charge in [0.2, 0.25) is 11.8 Å². The molecule has 0 bridgehead atoms. The largest absolute Gasteiger partial charge is 0.332 e. The minimum atomic E-state index is -0.450. The summed E-state index contributed by atoms with van der Waals surface area (Å²) in [6, 6.07) is 0. The van der Waals surface area contributed by atoms with Crippen molar-refractivity contribution in [3.05, 3.63) is 25.3 Å². The van der Waals surface area contributed by atoms with Crippen molar-refractivity contribution in [2.24, 2.45) is 5.41 Å². The van der Waals surface area contributed by atoms with Crippen LogP contribution in [-0.4, -0.2) is 18.0 Å². The Balaban J connectivity index is 4.59. The second-order valence-corrected chi connectivity index (χ2v) is 4.22.